The van der Waals surface area contributed by atoms with E-state index in [1.54, 1.807) is 12.4 Å². The molecule has 6 nitrogen and oxygen atoms in total. The number of halogens is 2. The Morgan fingerprint density at radius 3 is 2.75 bits per heavy atom. The van der Waals surface area contributed by atoms with Crippen LogP contribution in [0, 0.1) is 0 Å². The summed E-state index contributed by atoms with van der Waals surface area (Å²) in [7, 11) is -2.58. The standard InChI is InChI=1S/C19H16Cl2N4O2S/c20-16-6-4-11(2-1-7-24-28(26)27)18(21)17(16)12-3-5-14-13(8-12)9-22-19-15(14)10-23-25-19/h3-6,8-10,28H,1-2,7H2,(H,22,23,25)(H,24,26,27). The lowest BCUT2D eigenvalue weighted by Gasteiger charge is -2.13. The Morgan fingerprint density at radius 1 is 1.07 bits per heavy atom. The molecule has 2 N–H and O–H groups in total. The van der Waals surface area contributed by atoms with Gasteiger partial charge in [0.25, 0.3) is 0 Å². The number of nitrogens with one attached hydrogen (secondary N) is 2. The number of aryl methyl sites for hydroxylation is 1. The molecule has 0 aliphatic heterocycles. The van der Waals surface area contributed by atoms with Crippen LogP contribution in [-0.2, 0) is 17.3 Å². The molecule has 4 rings (SSSR count). The van der Waals surface area contributed by atoms with Gasteiger partial charge in [-0.05, 0) is 41.5 Å². The second kappa shape index (κ2) is 8.05. The van der Waals surface area contributed by atoms with Gasteiger partial charge in [-0.3, -0.25) is 5.10 Å². The van der Waals surface area contributed by atoms with Crippen molar-refractivity contribution in [2.75, 3.05) is 6.54 Å². The van der Waals surface area contributed by atoms with Crippen molar-refractivity contribution < 1.29 is 8.42 Å². The highest BCUT2D eigenvalue weighted by Gasteiger charge is 2.14. The molecule has 0 atom stereocenters. The van der Waals surface area contributed by atoms with Gasteiger partial charge in [0.05, 0.1) is 11.2 Å². The van der Waals surface area contributed by atoms with Crippen molar-refractivity contribution in [2.24, 2.45) is 0 Å². The van der Waals surface area contributed by atoms with Gasteiger partial charge in [0.2, 0.25) is 10.9 Å². The normalized spacial score (nSPS) is 11.7. The van der Waals surface area contributed by atoms with E-state index in [0.717, 1.165) is 38.5 Å². The topological polar surface area (TPSA) is 87.7 Å². The third kappa shape index (κ3) is 3.71. The lowest BCUT2D eigenvalue weighted by molar-refractivity contribution is 0.599. The van der Waals surface area contributed by atoms with Crippen molar-refractivity contribution in [1.29, 1.82) is 0 Å². The summed E-state index contributed by atoms with van der Waals surface area (Å²) in [6, 6.07) is 9.70. The summed E-state index contributed by atoms with van der Waals surface area (Å²) in [6.45, 7) is 0.370. The number of hydrogen-bond acceptors (Lipinski definition) is 4. The summed E-state index contributed by atoms with van der Waals surface area (Å²) in [5.41, 5.74) is 3.33. The Balaban J connectivity index is 1.71. The summed E-state index contributed by atoms with van der Waals surface area (Å²) in [5, 5.41) is 11.0. The van der Waals surface area contributed by atoms with Crippen LogP contribution in [0.25, 0.3) is 32.9 Å². The molecular weight excluding hydrogens is 419 g/mol. The number of thiol groups is 1. The molecule has 0 aliphatic carbocycles. The second-order valence-corrected chi connectivity index (χ2v) is 7.97. The van der Waals surface area contributed by atoms with Gasteiger partial charge < -0.3 is 0 Å². The summed E-state index contributed by atoms with van der Waals surface area (Å²) in [4.78, 5) is 4.39. The monoisotopic (exact) mass is 434 g/mol. The fourth-order valence-corrected chi connectivity index (χ4v) is 4.31. The van der Waals surface area contributed by atoms with Gasteiger partial charge in [-0.15, -0.1) is 0 Å². The van der Waals surface area contributed by atoms with Crippen LogP contribution in [0.15, 0.2) is 42.7 Å². The van der Waals surface area contributed by atoms with Gasteiger partial charge in [-0.1, -0.05) is 41.4 Å². The van der Waals surface area contributed by atoms with Crippen LogP contribution in [0.4, 0.5) is 0 Å². The van der Waals surface area contributed by atoms with Crippen molar-refractivity contribution in [3.63, 3.8) is 0 Å². The zero-order chi connectivity index (χ0) is 19.7. The third-order valence-corrected chi connectivity index (χ3v) is 5.85. The molecule has 144 valence electrons. The van der Waals surface area contributed by atoms with E-state index in [4.69, 9.17) is 23.2 Å². The molecule has 2 aromatic heterocycles. The van der Waals surface area contributed by atoms with E-state index in [2.05, 4.69) is 19.9 Å². The number of nitrogens with zero attached hydrogens (tertiary/aromatic N) is 2. The first kappa shape index (κ1) is 19.1. The molecule has 2 aromatic carbocycles. The summed E-state index contributed by atoms with van der Waals surface area (Å²) in [5.74, 6) is 0. The zero-order valence-electron chi connectivity index (χ0n) is 14.6. The Hall–Kier alpha value is -2.19. The van der Waals surface area contributed by atoms with Crippen LogP contribution < -0.4 is 4.72 Å². The van der Waals surface area contributed by atoms with Crippen LogP contribution >= 0.6 is 23.2 Å². The minimum atomic E-state index is -2.58. The zero-order valence-corrected chi connectivity index (χ0v) is 17.0. The molecule has 2 heterocycles. The SMILES string of the molecule is O=[SH](=O)NCCCc1ccc(Cl)c(-c2ccc3c(cnc4[nH]ncc43)c2)c1Cl. The van der Waals surface area contributed by atoms with E-state index >= 15 is 0 Å². The molecule has 0 amide bonds. The molecular formula is C19H16Cl2N4O2S. The van der Waals surface area contributed by atoms with Crippen molar-refractivity contribution in [2.45, 2.75) is 12.8 Å². The summed E-state index contributed by atoms with van der Waals surface area (Å²) in [6.07, 6.45) is 4.84. The smallest absolute Gasteiger partial charge is 0.201 e. The third-order valence-electron chi connectivity index (χ3n) is 4.62. The molecule has 0 saturated heterocycles. The molecule has 0 spiro atoms. The van der Waals surface area contributed by atoms with Gasteiger partial charge in [0.1, 0.15) is 0 Å². The quantitative estimate of drug-likeness (QED) is 0.314. The Kier molecular flexibility index (Phi) is 5.50. The highest BCUT2D eigenvalue weighted by Crippen LogP contribution is 2.39. The van der Waals surface area contributed by atoms with Crippen LogP contribution in [0.2, 0.25) is 10.0 Å². The second-order valence-electron chi connectivity index (χ2n) is 6.36. The molecule has 0 saturated carbocycles. The highest BCUT2D eigenvalue weighted by molar-refractivity contribution is 7.70. The fraction of sp³-hybridized carbons (Fsp3) is 0.158. The number of benzene rings is 2. The van der Waals surface area contributed by atoms with Crippen molar-refractivity contribution >= 4 is 55.9 Å². The van der Waals surface area contributed by atoms with Crippen molar-refractivity contribution in [3.8, 4) is 11.1 Å². The Labute approximate surface area is 173 Å². The van der Waals surface area contributed by atoms with Crippen LogP contribution in [0.1, 0.15) is 12.0 Å². The number of hydrogen-bond donors (Lipinski definition) is 3. The molecule has 9 heteroatoms. The Morgan fingerprint density at radius 2 is 1.93 bits per heavy atom. The maximum Gasteiger partial charge on any atom is 0.201 e. The van der Waals surface area contributed by atoms with E-state index < -0.39 is 10.9 Å². The van der Waals surface area contributed by atoms with Crippen LogP contribution in [-0.4, -0.2) is 30.1 Å². The highest BCUT2D eigenvalue weighted by atomic mass is 35.5. The maximum absolute atomic E-state index is 10.6. The van der Waals surface area contributed by atoms with Crippen LogP contribution in [0.3, 0.4) is 0 Å². The van der Waals surface area contributed by atoms with Crippen LogP contribution in [0.5, 0.6) is 0 Å². The molecule has 0 radical (unpaired) electrons. The number of pyridine rings is 1. The first-order valence-electron chi connectivity index (χ1n) is 8.61. The Bertz CT molecular complexity index is 1250. The average Bonchev–Trinajstić information content (AvgIpc) is 3.15. The lowest BCUT2D eigenvalue weighted by Crippen LogP contribution is -2.13. The fourth-order valence-electron chi connectivity index (χ4n) is 3.28. The lowest BCUT2D eigenvalue weighted by atomic mass is 9.98. The largest absolute Gasteiger partial charge is 0.261 e. The summed E-state index contributed by atoms with van der Waals surface area (Å²) >= 11 is 13.1. The van der Waals surface area contributed by atoms with E-state index in [0.29, 0.717) is 29.4 Å². The molecule has 0 bridgehead atoms. The van der Waals surface area contributed by atoms with Gasteiger partial charge in [-0.25, -0.2) is 18.1 Å². The average molecular weight is 435 g/mol. The minimum absolute atomic E-state index is 0.370. The predicted octanol–water partition coefficient (Wildman–Crippen LogP) is 4.13. The number of aromatic amines is 1. The van der Waals surface area contributed by atoms with E-state index in [1.165, 1.54) is 0 Å². The predicted molar refractivity (Wildman–Crippen MR) is 113 cm³/mol. The van der Waals surface area contributed by atoms with Gasteiger partial charge in [0.15, 0.2) is 5.65 Å². The van der Waals surface area contributed by atoms with Gasteiger partial charge >= 0.3 is 0 Å². The number of rotatable bonds is 6. The molecule has 4 aromatic rings. The molecule has 0 aliphatic rings. The van der Waals surface area contributed by atoms with E-state index in [9.17, 15) is 8.42 Å². The first-order chi connectivity index (χ1) is 13.5. The minimum Gasteiger partial charge on any atom is -0.261 e. The van der Waals surface area contributed by atoms with E-state index in [-0.39, 0.29) is 0 Å². The molecule has 0 unspecified atom stereocenters. The molecule has 0 fully saturated rings. The van der Waals surface area contributed by atoms with Gasteiger partial charge in [0, 0.05) is 34.1 Å². The van der Waals surface area contributed by atoms with Crippen molar-refractivity contribution in [3.05, 3.63) is 58.3 Å². The first-order valence-corrected chi connectivity index (χ1v) is 10.5. The number of aromatic nitrogens is 3. The van der Waals surface area contributed by atoms with E-state index in [1.807, 2.05) is 30.3 Å². The maximum atomic E-state index is 10.6. The number of H-pyrrole nitrogens is 1. The number of fused-ring (bicyclic) bond motifs is 3. The van der Waals surface area contributed by atoms with Crippen molar-refractivity contribution in [1.82, 2.24) is 19.9 Å². The van der Waals surface area contributed by atoms with Gasteiger partial charge in [-0.2, -0.15) is 5.10 Å². The molecule has 28 heavy (non-hydrogen) atoms. The summed E-state index contributed by atoms with van der Waals surface area (Å²) < 4.78 is 23.6.